The highest BCUT2D eigenvalue weighted by atomic mass is 35.5. The third kappa shape index (κ3) is 4.92. The molecule has 166 valence electrons. The molecule has 1 fully saturated rings. The Bertz CT molecular complexity index is 1290. The maximum atomic E-state index is 12.5. The molecule has 0 radical (unpaired) electrons. The number of anilines is 3. The van der Waals surface area contributed by atoms with Gasteiger partial charge in [0.1, 0.15) is 0 Å². The van der Waals surface area contributed by atoms with E-state index < -0.39 is 0 Å². The van der Waals surface area contributed by atoms with Gasteiger partial charge in [0, 0.05) is 46.1 Å². The molecule has 0 aliphatic carbocycles. The first kappa shape index (κ1) is 21.2. The minimum Gasteiger partial charge on any atom is -0.378 e. The molecule has 5 rings (SSSR count). The molecule has 2 amide bonds. The number of nitrogens with one attached hydrogen (secondary N) is 2. The number of morpholine rings is 1. The predicted octanol–water partition coefficient (Wildman–Crippen LogP) is 6.04. The molecule has 3 aromatic carbocycles. The molecule has 0 bridgehead atoms. The van der Waals surface area contributed by atoms with Crippen molar-refractivity contribution >= 4 is 45.6 Å². The van der Waals surface area contributed by atoms with Crippen LogP contribution in [0, 0.1) is 0 Å². The number of benzene rings is 3. The van der Waals surface area contributed by atoms with Crippen LogP contribution in [0.3, 0.4) is 0 Å². The van der Waals surface area contributed by atoms with Crippen molar-refractivity contribution in [2.45, 2.75) is 0 Å². The van der Waals surface area contributed by atoms with E-state index in [1.165, 1.54) is 0 Å². The molecule has 7 heteroatoms. The molecular weight excluding hydrogens is 436 g/mol. The van der Waals surface area contributed by atoms with Gasteiger partial charge in [0.15, 0.2) is 0 Å². The van der Waals surface area contributed by atoms with E-state index in [2.05, 4.69) is 33.7 Å². The molecular formula is C26H23ClN4O2. The fraction of sp³-hybridized carbons (Fsp3) is 0.154. The quantitative estimate of drug-likeness (QED) is 0.391. The number of rotatable bonds is 4. The number of nitrogens with zero attached hydrogens (tertiary/aromatic N) is 2. The fourth-order valence-corrected chi connectivity index (χ4v) is 4.16. The van der Waals surface area contributed by atoms with Gasteiger partial charge in [0.25, 0.3) is 0 Å². The summed E-state index contributed by atoms with van der Waals surface area (Å²) in [6.07, 6.45) is 0. The van der Waals surface area contributed by atoms with Gasteiger partial charge in [-0.1, -0.05) is 48.0 Å². The Morgan fingerprint density at radius 1 is 0.879 bits per heavy atom. The zero-order valence-electron chi connectivity index (χ0n) is 17.9. The van der Waals surface area contributed by atoms with Crippen molar-refractivity contribution in [1.82, 2.24) is 4.98 Å². The molecule has 33 heavy (non-hydrogen) atoms. The molecule has 0 spiro atoms. The van der Waals surface area contributed by atoms with Crippen LogP contribution in [0.5, 0.6) is 0 Å². The van der Waals surface area contributed by atoms with Crippen molar-refractivity contribution in [3.8, 4) is 11.3 Å². The Labute approximate surface area is 197 Å². The van der Waals surface area contributed by atoms with Crippen LogP contribution in [-0.2, 0) is 4.74 Å². The highest BCUT2D eigenvalue weighted by Gasteiger charge is 2.17. The topological polar surface area (TPSA) is 66.5 Å². The lowest BCUT2D eigenvalue weighted by Gasteiger charge is -2.30. The number of ether oxygens (including phenoxy) is 1. The largest absolute Gasteiger partial charge is 0.378 e. The molecule has 2 N–H and O–H groups in total. The van der Waals surface area contributed by atoms with Gasteiger partial charge in [-0.3, -0.25) is 0 Å². The second-order valence-electron chi connectivity index (χ2n) is 7.81. The molecule has 1 saturated heterocycles. The van der Waals surface area contributed by atoms with Gasteiger partial charge in [-0.05, 0) is 42.5 Å². The van der Waals surface area contributed by atoms with Crippen LogP contribution in [0.4, 0.5) is 21.9 Å². The number of halogens is 1. The van der Waals surface area contributed by atoms with Gasteiger partial charge in [-0.25, -0.2) is 9.78 Å². The maximum Gasteiger partial charge on any atom is 0.323 e. The van der Waals surface area contributed by atoms with Crippen molar-refractivity contribution < 1.29 is 9.53 Å². The van der Waals surface area contributed by atoms with E-state index in [4.69, 9.17) is 21.3 Å². The number of amides is 2. The summed E-state index contributed by atoms with van der Waals surface area (Å²) in [5, 5.41) is 7.27. The Morgan fingerprint density at radius 3 is 2.39 bits per heavy atom. The van der Waals surface area contributed by atoms with Crippen molar-refractivity contribution in [3.05, 3.63) is 83.9 Å². The van der Waals surface area contributed by atoms with Crippen molar-refractivity contribution in [2.75, 3.05) is 41.8 Å². The molecule has 0 saturated carbocycles. The van der Waals surface area contributed by atoms with Gasteiger partial charge in [-0.2, -0.15) is 0 Å². The second kappa shape index (κ2) is 9.48. The first-order valence-electron chi connectivity index (χ1n) is 10.8. The molecule has 1 aromatic heterocycles. The number of carbonyl (C=O) groups excluding carboxylic acids is 1. The molecule has 4 aromatic rings. The highest BCUT2D eigenvalue weighted by Crippen LogP contribution is 2.33. The van der Waals surface area contributed by atoms with Crippen LogP contribution in [0.15, 0.2) is 78.9 Å². The van der Waals surface area contributed by atoms with Crippen molar-refractivity contribution in [3.63, 3.8) is 0 Å². The van der Waals surface area contributed by atoms with Crippen molar-refractivity contribution in [1.29, 1.82) is 0 Å². The number of fused-ring (bicyclic) bond motifs is 1. The summed E-state index contributed by atoms with van der Waals surface area (Å²) in [6.45, 7) is 2.98. The van der Waals surface area contributed by atoms with E-state index in [1.54, 1.807) is 24.3 Å². The first-order chi connectivity index (χ1) is 16.2. The fourth-order valence-electron chi connectivity index (χ4n) is 3.97. The zero-order valence-corrected chi connectivity index (χ0v) is 18.7. The summed E-state index contributed by atoms with van der Waals surface area (Å²) in [7, 11) is 0. The normalized spacial score (nSPS) is 13.7. The second-order valence-corrected chi connectivity index (χ2v) is 8.25. The SMILES string of the molecule is O=C(Nc1cccc(Cl)c1)Nc1ccc2nc(-c3ccccc3)cc(N3CCOCC3)c2c1. The molecule has 1 aliphatic rings. The Hall–Kier alpha value is -3.61. The van der Waals surface area contributed by atoms with E-state index in [0.717, 1.165) is 40.9 Å². The lowest BCUT2D eigenvalue weighted by molar-refractivity contribution is 0.123. The van der Waals surface area contributed by atoms with E-state index >= 15 is 0 Å². The smallest absolute Gasteiger partial charge is 0.323 e. The van der Waals surface area contributed by atoms with E-state index in [1.807, 2.05) is 36.4 Å². The average molecular weight is 459 g/mol. The average Bonchev–Trinajstić information content (AvgIpc) is 2.84. The third-order valence-corrected chi connectivity index (χ3v) is 5.78. The Kier molecular flexibility index (Phi) is 6.11. The summed E-state index contributed by atoms with van der Waals surface area (Å²) >= 11 is 6.01. The van der Waals surface area contributed by atoms with Crippen LogP contribution in [0.25, 0.3) is 22.2 Å². The van der Waals surface area contributed by atoms with Gasteiger partial charge in [-0.15, -0.1) is 0 Å². The summed E-state index contributed by atoms with van der Waals surface area (Å²) in [5.41, 5.74) is 5.26. The van der Waals surface area contributed by atoms with E-state index in [9.17, 15) is 4.79 Å². The Morgan fingerprint density at radius 2 is 1.64 bits per heavy atom. The molecule has 6 nitrogen and oxygen atoms in total. The monoisotopic (exact) mass is 458 g/mol. The summed E-state index contributed by atoms with van der Waals surface area (Å²) in [6, 6.07) is 24.8. The lowest BCUT2D eigenvalue weighted by Crippen LogP contribution is -2.36. The predicted molar refractivity (Wildman–Crippen MR) is 134 cm³/mol. The molecule has 2 heterocycles. The molecule has 0 unspecified atom stereocenters. The zero-order chi connectivity index (χ0) is 22.6. The standard InChI is InChI=1S/C26H23ClN4O2/c27-19-7-4-8-20(15-19)28-26(32)29-21-9-10-23-22(16-21)25(31-11-13-33-14-12-31)17-24(30-23)18-5-2-1-3-6-18/h1-10,15-17H,11-14H2,(H2,28,29,32). The third-order valence-electron chi connectivity index (χ3n) is 5.55. The van der Waals surface area contributed by atoms with Crippen LogP contribution >= 0.6 is 11.6 Å². The minimum absolute atomic E-state index is 0.335. The van der Waals surface area contributed by atoms with Gasteiger partial charge in [0.2, 0.25) is 0 Å². The number of carbonyl (C=O) groups is 1. The summed E-state index contributed by atoms with van der Waals surface area (Å²) in [5.74, 6) is 0. The summed E-state index contributed by atoms with van der Waals surface area (Å²) < 4.78 is 5.56. The number of urea groups is 1. The molecule has 0 atom stereocenters. The summed E-state index contributed by atoms with van der Waals surface area (Å²) in [4.78, 5) is 19.8. The van der Waals surface area contributed by atoms with Crippen LogP contribution in [0.2, 0.25) is 5.02 Å². The molecule has 1 aliphatic heterocycles. The number of aromatic nitrogens is 1. The lowest BCUT2D eigenvalue weighted by atomic mass is 10.1. The van der Waals surface area contributed by atoms with E-state index in [0.29, 0.717) is 29.6 Å². The maximum absolute atomic E-state index is 12.5. The number of hydrogen-bond donors (Lipinski definition) is 2. The van der Waals surface area contributed by atoms with Gasteiger partial charge in [0.05, 0.1) is 24.4 Å². The van der Waals surface area contributed by atoms with Crippen molar-refractivity contribution in [2.24, 2.45) is 0 Å². The van der Waals surface area contributed by atoms with E-state index in [-0.39, 0.29) is 6.03 Å². The Balaban J connectivity index is 1.48. The number of pyridine rings is 1. The highest BCUT2D eigenvalue weighted by molar-refractivity contribution is 6.30. The number of hydrogen-bond acceptors (Lipinski definition) is 4. The first-order valence-corrected chi connectivity index (χ1v) is 11.2. The van der Waals surface area contributed by atoms with Crippen LogP contribution in [0.1, 0.15) is 0 Å². The van der Waals surface area contributed by atoms with Gasteiger partial charge < -0.3 is 20.3 Å². The van der Waals surface area contributed by atoms with Gasteiger partial charge >= 0.3 is 6.03 Å². The minimum atomic E-state index is -0.335. The van der Waals surface area contributed by atoms with Crippen LogP contribution < -0.4 is 15.5 Å². The van der Waals surface area contributed by atoms with Crippen LogP contribution in [-0.4, -0.2) is 37.3 Å².